The number of hydrogen-bond donors (Lipinski definition) is 1. The van der Waals surface area contributed by atoms with E-state index in [4.69, 9.17) is 11.6 Å². The van der Waals surface area contributed by atoms with E-state index < -0.39 is 0 Å². The second-order valence-corrected chi connectivity index (χ2v) is 5.80. The van der Waals surface area contributed by atoms with E-state index >= 15 is 0 Å². The van der Waals surface area contributed by atoms with Crippen LogP contribution in [0.4, 0.5) is 0 Å². The summed E-state index contributed by atoms with van der Waals surface area (Å²) in [6, 6.07) is 11.8. The van der Waals surface area contributed by atoms with Crippen LogP contribution in [0.3, 0.4) is 0 Å². The van der Waals surface area contributed by atoms with Gasteiger partial charge in [0.1, 0.15) is 11.6 Å². The van der Waals surface area contributed by atoms with Gasteiger partial charge in [0, 0.05) is 17.0 Å². The predicted molar refractivity (Wildman–Crippen MR) is 96.1 cm³/mol. The van der Waals surface area contributed by atoms with Crippen LogP contribution in [0, 0.1) is 0 Å². The summed E-state index contributed by atoms with van der Waals surface area (Å²) in [7, 11) is 0. The lowest BCUT2D eigenvalue weighted by atomic mass is 10.2. The molecule has 0 amide bonds. The van der Waals surface area contributed by atoms with Gasteiger partial charge < -0.3 is 5.11 Å². The molecule has 3 rings (SSSR count). The monoisotopic (exact) mass is 341 g/mol. The minimum Gasteiger partial charge on any atom is -0.507 e. The van der Waals surface area contributed by atoms with Gasteiger partial charge in [0.2, 0.25) is 0 Å². The maximum Gasteiger partial charge on any atom is 0.282 e. The molecule has 0 saturated carbocycles. The van der Waals surface area contributed by atoms with Crippen molar-refractivity contribution in [1.82, 2.24) is 9.66 Å². The third-order valence-corrected chi connectivity index (χ3v) is 3.83. The van der Waals surface area contributed by atoms with Crippen LogP contribution in [0.1, 0.15) is 24.7 Å². The highest BCUT2D eigenvalue weighted by Gasteiger charge is 2.09. The number of aromatic nitrogens is 2. The molecule has 0 aliphatic rings. The van der Waals surface area contributed by atoms with Crippen molar-refractivity contribution in [2.24, 2.45) is 5.10 Å². The van der Waals surface area contributed by atoms with Crippen LogP contribution in [0.25, 0.3) is 10.9 Å². The average molecular weight is 342 g/mol. The fraction of sp³-hybridized carbons (Fsp3) is 0.167. The van der Waals surface area contributed by atoms with Crippen LogP contribution in [0.2, 0.25) is 5.02 Å². The Bertz CT molecular complexity index is 980. The fourth-order valence-electron chi connectivity index (χ4n) is 2.42. The number of halogens is 1. The quantitative estimate of drug-likeness (QED) is 0.737. The molecule has 0 fully saturated rings. The van der Waals surface area contributed by atoms with Gasteiger partial charge in [-0.05, 0) is 36.8 Å². The topological polar surface area (TPSA) is 67.5 Å². The smallest absolute Gasteiger partial charge is 0.282 e. The van der Waals surface area contributed by atoms with Gasteiger partial charge in [-0.15, -0.1) is 0 Å². The minimum absolute atomic E-state index is 0.0435. The summed E-state index contributed by atoms with van der Waals surface area (Å²) in [5.41, 5.74) is 0.856. The zero-order valence-electron chi connectivity index (χ0n) is 13.1. The highest BCUT2D eigenvalue weighted by Crippen LogP contribution is 2.19. The van der Waals surface area contributed by atoms with Gasteiger partial charge in [-0.2, -0.15) is 9.78 Å². The molecule has 0 radical (unpaired) electrons. The van der Waals surface area contributed by atoms with Crippen LogP contribution >= 0.6 is 11.6 Å². The Morgan fingerprint density at radius 1 is 1.29 bits per heavy atom. The molecule has 1 heterocycles. The van der Waals surface area contributed by atoms with Crippen molar-refractivity contribution in [3.8, 4) is 5.75 Å². The van der Waals surface area contributed by atoms with Crippen molar-refractivity contribution in [1.29, 1.82) is 0 Å². The van der Waals surface area contributed by atoms with Crippen molar-refractivity contribution >= 4 is 28.7 Å². The molecule has 0 bridgehead atoms. The molecule has 24 heavy (non-hydrogen) atoms. The molecule has 5 nitrogen and oxygen atoms in total. The zero-order valence-corrected chi connectivity index (χ0v) is 13.9. The minimum atomic E-state index is -0.234. The Labute approximate surface area is 143 Å². The molecule has 1 aromatic heterocycles. The SMILES string of the molecule is CCCc1nc2ccccc2c(=O)n1/N=C/c1cc(Cl)ccc1O. The summed E-state index contributed by atoms with van der Waals surface area (Å²) in [6.45, 7) is 2.01. The Morgan fingerprint density at radius 2 is 2.08 bits per heavy atom. The first kappa shape index (κ1) is 16.2. The van der Waals surface area contributed by atoms with Crippen LogP contribution in [0.15, 0.2) is 52.4 Å². The maximum absolute atomic E-state index is 12.7. The van der Waals surface area contributed by atoms with Crippen LogP contribution in [-0.2, 0) is 6.42 Å². The van der Waals surface area contributed by atoms with E-state index in [1.54, 1.807) is 24.3 Å². The van der Waals surface area contributed by atoms with Gasteiger partial charge >= 0.3 is 0 Å². The highest BCUT2D eigenvalue weighted by atomic mass is 35.5. The van der Waals surface area contributed by atoms with Crippen molar-refractivity contribution in [2.45, 2.75) is 19.8 Å². The maximum atomic E-state index is 12.7. The van der Waals surface area contributed by atoms with Crippen molar-refractivity contribution in [2.75, 3.05) is 0 Å². The van der Waals surface area contributed by atoms with Gasteiger partial charge in [0.25, 0.3) is 5.56 Å². The predicted octanol–water partition coefficient (Wildman–Crippen LogP) is 3.59. The van der Waals surface area contributed by atoms with Crippen molar-refractivity contribution < 1.29 is 5.11 Å². The van der Waals surface area contributed by atoms with E-state index in [1.165, 1.54) is 17.0 Å². The standard InChI is InChI=1S/C18H16ClN3O2/c1-2-5-17-21-15-7-4-3-6-14(15)18(24)22(17)20-11-12-10-13(19)8-9-16(12)23/h3-4,6-11,23H,2,5H2,1H3/b20-11+. The van der Waals surface area contributed by atoms with E-state index in [9.17, 15) is 9.90 Å². The second-order valence-electron chi connectivity index (χ2n) is 5.36. The number of para-hydroxylation sites is 1. The lowest BCUT2D eigenvalue weighted by Crippen LogP contribution is -2.22. The first-order valence-corrected chi connectivity index (χ1v) is 8.01. The molecule has 122 valence electrons. The number of aryl methyl sites for hydroxylation is 1. The molecule has 1 N–H and O–H groups in total. The Morgan fingerprint density at radius 3 is 2.88 bits per heavy atom. The first-order valence-electron chi connectivity index (χ1n) is 7.63. The molecule has 0 atom stereocenters. The third kappa shape index (κ3) is 3.16. The van der Waals surface area contributed by atoms with Crippen LogP contribution in [-0.4, -0.2) is 21.0 Å². The third-order valence-electron chi connectivity index (χ3n) is 3.60. The van der Waals surface area contributed by atoms with E-state index in [2.05, 4.69) is 10.1 Å². The number of benzene rings is 2. The molecule has 3 aromatic rings. The van der Waals surface area contributed by atoms with Gasteiger partial charge in [-0.3, -0.25) is 4.79 Å². The molecular formula is C18H16ClN3O2. The number of rotatable bonds is 4. The lowest BCUT2D eigenvalue weighted by molar-refractivity contribution is 0.474. The number of aromatic hydroxyl groups is 1. The van der Waals surface area contributed by atoms with E-state index in [0.717, 1.165) is 6.42 Å². The van der Waals surface area contributed by atoms with E-state index in [1.807, 2.05) is 19.1 Å². The van der Waals surface area contributed by atoms with Gasteiger partial charge in [0.05, 0.1) is 17.1 Å². The normalized spacial score (nSPS) is 11.4. The molecule has 0 unspecified atom stereocenters. The summed E-state index contributed by atoms with van der Waals surface area (Å²) in [6.07, 6.45) is 2.87. The van der Waals surface area contributed by atoms with E-state index in [-0.39, 0.29) is 11.3 Å². The largest absolute Gasteiger partial charge is 0.507 e. The number of hydrogen-bond acceptors (Lipinski definition) is 4. The van der Waals surface area contributed by atoms with Gasteiger partial charge in [-0.25, -0.2) is 4.98 Å². The fourth-order valence-corrected chi connectivity index (χ4v) is 2.60. The molecular weight excluding hydrogens is 326 g/mol. The number of fused-ring (bicyclic) bond motifs is 1. The number of nitrogens with zero attached hydrogens (tertiary/aromatic N) is 3. The molecule has 0 aliphatic carbocycles. The highest BCUT2D eigenvalue weighted by molar-refractivity contribution is 6.30. The Kier molecular flexibility index (Phi) is 4.62. The molecule has 0 spiro atoms. The average Bonchev–Trinajstić information content (AvgIpc) is 2.58. The number of phenolic OH excluding ortho intramolecular Hbond substituents is 1. The van der Waals surface area contributed by atoms with Crippen molar-refractivity contribution in [3.63, 3.8) is 0 Å². The first-order chi connectivity index (χ1) is 11.6. The summed E-state index contributed by atoms with van der Waals surface area (Å²) in [5, 5.41) is 15.1. The lowest BCUT2D eigenvalue weighted by Gasteiger charge is -2.08. The molecule has 0 aliphatic heterocycles. The zero-order chi connectivity index (χ0) is 17.1. The van der Waals surface area contributed by atoms with Crippen molar-refractivity contribution in [3.05, 3.63) is 69.2 Å². The molecule has 6 heteroatoms. The summed E-state index contributed by atoms with van der Waals surface area (Å²) < 4.78 is 1.28. The molecule has 2 aromatic carbocycles. The van der Waals surface area contributed by atoms with Crippen LogP contribution < -0.4 is 5.56 Å². The van der Waals surface area contributed by atoms with Gasteiger partial charge in [-0.1, -0.05) is 30.7 Å². The Balaban J connectivity index is 2.15. The molecule has 0 saturated heterocycles. The number of phenols is 1. The summed E-state index contributed by atoms with van der Waals surface area (Å²) in [5.74, 6) is 0.626. The Hall–Kier alpha value is -2.66. The summed E-state index contributed by atoms with van der Waals surface area (Å²) >= 11 is 5.94. The van der Waals surface area contributed by atoms with E-state index in [0.29, 0.717) is 33.7 Å². The van der Waals surface area contributed by atoms with Gasteiger partial charge in [0.15, 0.2) is 0 Å². The second kappa shape index (κ2) is 6.84. The van der Waals surface area contributed by atoms with Crippen LogP contribution in [0.5, 0.6) is 5.75 Å². The summed E-state index contributed by atoms with van der Waals surface area (Å²) in [4.78, 5) is 17.3.